The number of aromatic nitrogens is 2. The molecule has 9 heteroatoms. The van der Waals surface area contributed by atoms with Crippen molar-refractivity contribution >= 4 is 26.6 Å². The molecule has 2 heterocycles. The van der Waals surface area contributed by atoms with Gasteiger partial charge < -0.3 is 14.4 Å². The third kappa shape index (κ3) is 13.7. The fourth-order valence-electron chi connectivity index (χ4n) is 3.15. The van der Waals surface area contributed by atoms with Gasteiger partial charge in [0.25, 0.3) is 10.0 Å². The summed E-state index contributed by atoms with van der Waals surface area (Å²) in [6, 6.07) is 11.6. The van der Waals surface area contributed by atoms with E-state index in [0.29, 0.717) is 17.3 Å². The number of aryl methyl sites for hydroxylation is 2. The minimum Gasteiger partial charge on any atom is -0.358 e. The SMILES string of the molecule is C.CC.CC.CC.Cc1ncc(-c2ccc3nccc(C)c3c2)cc1NS(=O)(=O)c1ccc(F)cc1F.[CH2-]CC.[CH3-].[K+]. The number of sulfonamides is 1. The van der Waals surface area contributed by atoms with Gasteiger partial charge in [-0.1, -0.05) is 62.0 Å². The van der Waals surface area contributed by atoms with Crippen LogP contribution in [0.5, 0.6) is 0 Å². The van der Waals surface area contributed by atoms with Crippen LogP contribution in [0.25, 0.3) is 22.0 Å². The Hall–Kier alpha value is -1.75. The summed E-state index contributed by atoms with van der Waals surface area (Å²) in [5.41, 5.74) is 4.06. The predicted octanol–water partition coefficient (Wildman–Crippen LogP) is 7.39. The molecule has 0 saturated carbocycles. The van der Waals surface area contributed by atoms with E-state index in [1.54, 1.807) is 25.4 Å². The molecule has 0 aliphatic carbocycles. The zero-order valence-electron chi connectivity index (χ0n) is 26.6. The minimum absolute atomic E-state index is 0. The molecule has 0 radical (unpaired) electrons. The summed E-state index contributed by atoms with van der Waals surface area (Å²) >= 11 is 0. The summed E-state index contributed by atoms with van der Waals surface area (Å²) in [7, 11) is -4.27. The van der Waals surface area contributed by atoms with Gasteiger partial charge in [-0.2, -0.15) is 6.42 Å². The van der Waals surface area contributed by atoms with Crippen LogP contribution in [0.4, 0.5) is 14.5 Å². The normalized spacial score (nSPS) is 9.14. The van der Waals surface area contributed by atoms with Crippen LogP contribution in [0, 0.1) is 39.8 Å². The number of rotatable bonds is 4. The molecule has 5 nitrogen and oxygen atoms in total. The standard InChI is InChI=1S/C22H17F2N3O2S.C3H7.3C2H6.CH4.CH3.K/c1-13-7-8-25-20-5-3-15(9-18(13)20)16-10-21(14(2)26-12-16)27-30(28,29)22-6-4-17(23)11-19(22)24;1-3-2;3*1-2;;;/h3-12,27H,1-2H3;1,3H2,2H3;3*1-2H3;1H4;1H3;/q;-1;;;;;-1;+1. The van der Waals surface area contributed by atoms with Crippen LogP contribution in [0.3, 0.4) is 0 Å². The summed E-state index contributed by atoms with van der Waals surface area (Å²) in [6.07, 6.45) is 4.38. The number of halogens is 2. The zero-order valence-corrected chi connectivity index (χ0v) is 30.5. The van der Waals surface area contributed by atoms with Crippen LogP contribution in [0.2, 0.25) is 0 Å². The van der Waals surface area contributed by atoms with E-state index in [1.165, 1.54) is 0 Å². The average molecular weight is 629 g/mol. The molecular weight excluding hydrogens is 580 g/mol. The molecule has 0 aliphatic rings. The van der Waals surface area contributed by atoms with Gasteiger partial charge in [-0.15, -0.1) is 0 Å². The van der Waals surface area contributed by atoms with Crippen molar-refractivity contribution in [1.82, 2.24) is 9.97 Å². The van der Waals surface area contributed by atoms with Crippen molar-refractivity contribution in [2.24, 2.45) is 0 Å². The quantitative estimate of drug-likeness (QED) is 0.189. The Bertz CT molecular complexity index is 1420. The van der Waals surface area contributed by atoms with E-state index in [-0.39, 0.29) is 71.9 Å². The second kappa shape index (κ2) is 24.7. The van der Waals surface area contributed by atoms with Crippen LogP contribution in [0.1, 0.15) is 73.6 Å². The molecule has 230 valence electrons. The number of hydrogen-bond donors (Lipinski definition) is 1. The summed E-state index contributed by atoms with van der Waals surface area (Å²) in [5, 5.41) is 0.978. The van der Waals surface area contributed by atoms with Crippen LogP contribution in [-0.4, -0.2) is 18.4 Å². The fraction of sp³-hybridized carbons (Fsp3) is 0.333. The molecule has 0 unspecified atom stereocenters. The summed E-state index contributed by atoms with van der Waals surface area (Å²) < 4.78 is 54.8. The maximum atomic E-state index is 14.0. The summed E-state index contributed by atoms with van der Waals surface area (Å²) in [6.45, 7) is 21.1. The van der Waals surface area contributed by atoms with Gasteiger partial charge in [-0.05, 0) is 61.4 Å². The molecule has 0 aliphatic heterocycles. The summed E-state index contributed by atoms with van der Waals surface area (Å²) in [4.78, 5) is 7.97. The molecule has 1 N–H and O–H groups in total. The number of nitrogens with zero attached hydrogens (tertiary/aromatic N) is 2. The molecule has 42 heavy (non-hydrogen) atoms. The smallest absolute Gasteiger partial charge is 0.358 e. The van der Waals surface area contributed by atoms with Crippen molar-refractivity contribution in [1.29, 1.82) is 0 Å². The van der Waals surface area contributed by atoms with Crippen molar-refractivity contribution in [2.45, 2.75) is 81.1 Å². The third-order valence-corrected chi connectivity index (χ3v) is 6.21. The topological polar surface area (TPSA) is 72.0 Å². The van der Waals surface area contributed by atoms with E-state index >= 15 is 0 Å². The Kier molecular flexibility index (Phi) is 27.7. The van der Waals surface area contributed by atoms with Crippen LogP contribution in [0.15, 0.2) is 65.8 Å². The van der Waals surface area contributed by atoms with Crippen molar-refractivity contribution in [3.63, 3.8) is 0 Å². The molecule has 0 amide bonds. The molecule has 4 aromatic rings. The molecular formula is C33H49F2KN3O2S-. The van der Waals surface area contributed by atoms with Crippen molar-refractivity contribution in [3.05, 3.63) is 98.2 Å². The molecule has 2 aromatic carbocycles. The monoisotopic (exact) mass is 628 g/mol. The van der Waals surface area contributed by atoms with Gasteiger partial charge in [0, 0.05) is 29.4 Å². The minimum atomic E-state index is -4.27. The van der Waals surface area contributed by atoms with Crippen molar-refractivity contribution in [2.75, 3.05) is 4.72 Å². The van der Waals surface area contributed by atoms with Crippen LogP contribution < -0.4 is 56.1 Å². The van der Waals surface area contributed by atoms with E-state index < -0.39 is 26.6 Å². The second-order valence-electron chi connectivity index (χ2n) is 7.40. The van der Waals surface area contributed by atoms with Crippen LogP contribution >= 0.6 is 0 Å². The Labute approximate surface area is 297 Å². The molecule has 2 aromatic heterocycles. The predicted molar refractivity (Wildman–Crippen MR) is 174 cm³/mol. The van der Waals surface area contributed by atoms with Gasteiger partial charge in [0.2, 0.25) is 0 Å². The largest absolute Gasteiger partial charge is 1.00 e. The van der Waals surface area contributed by atoms with Crippen molar-refractivity contribution in [3.8, 4) is 11.1 Å². The average Bonchev–Trinajstić information content (AvgIpc) is 2.93. The number of hydrogen-bond acceptors (Lipinski definition) is 4. The van der Waals surface area contributed by atoms with E-state index in [1.807, 2.05) is 79.7 Å². The number of nitrogens with one attached hydrogen (secondary N) is 1. The maximum absolute atomic E-state index is 14.0. The zero-order chi connectivity index (χ0) is 30.2. The van der Waals surface area contributed by atoms with Crippen LogP contribution in [-0.2, 0) is 10.0 Å². The first kappa shape index (κ1) is 47.2. The molecule has 4 rings (SSSR count). The van der Waals surface area contributed by atoms with E-state index in [0.717, 1.165) is 40.6 Å². The number of fused-ring (bicyclic) bond motifs is 1. The van der Waals surface area contributed by atoms with E-state index in [2.05, 4.69) is 21.6 Å². The van der Waals surface area contributed by atoms with E-state index in [4.69, 9.17) is 0 Å². The van der Waals surface area contributed by atoms with Gasteiger partial charge in [-0.3, -0.25) is 14.7 Å². The maximum Gasteiger partial charge on any atom is 1.00 e. The Balaban J connectivity index is -0.000000546. The number of pyridine rings is 2. The molecule has 0 saturated heterocycles. The van der Waals surface area contributed by atoms with E-state index in [9.17, 15) is 17.2 Å². The Morgan fingerprint density at radius 3 is 1.98 bits per heavy atom. The van der Waals surface area contributed by atoms with Gasteiger partial charge >= 0.3 is 51.4 Å². The first-order valence-corrected chi connectivity index (χ1v) is 14.7. The second-order valence-corrected chi connectivity index (χ2v) is 9.05. The molecule has 0 fully saturated rings. The fourth-order valence-corrected chi connectivity index (χ4v) is 4.32. The Morgan fingerprint density at radius 2 is 1.43 bits per heavy atom. The van der Waals surface area contributed by atoms with Gasteiger partial charge in [-0.25, -0.2) is 17.2 Å². The van der Waals surface area contributed by atoms with Crippen molar-refractivity contribution < 1.29 is 68.6 Å². The van der Waals surface area contributed by atoms with Gasteiger partial charge in [0.1, 0.15) is 16.5 Å². The first-order valence-electron chi connectivity index (χ1n) is 13.3. The number of benzene rings is 2. The number of anilines is 1. The van der Waals surface area contributed by atoms with Gasteiger partial charge in [0.05, 0.1) is 16.9 Å². The molecule has 0 spiro atoms. The first-order chi connectivity index (χ1) is 18.7. The third-order valence-electron chi connectivity index (χ3n) is 4.81. The molecule has 0 atom stereocenters. The molecule has 0 bridgehead atoms. The Morgan fingerprint density at radius 1 is 0.857 bits per heavy atom. The summed E-state index contributed by atoms with van der Waals surface area (Å²) in [5.74, 6) is -2.02. The van der Waals surface area contributed by atoms with Gasteiger partial charge in [0.15, 0.2) is 0 Å².